The quantitative estimate of drug-likeness (QED) is 0.663. The van der Waals surface area contributed by atoms with Crippen LogP contribution in [0.25, 0.3) is 5.57 Å². The van der Waals surface area contributed by atoms with Gasteiger partial charge in [0.2, 0.25) is 0 Å². The van der Waals surface area contributed by atoms with E-state index in [-0.39, 0.29) is 19.1 Å². The Kier molecular flexibility index (Phi) is 7.23. The van der Waals surface area contributed by atoms with Crippen molar-refractivity contribution in [1.82, 2.24) is 14.5 Å². The third-order valence-corrected chi connectivity index (χ3v) is 5.31. The summed E-state index contributed by atoms with van der Waals surface area (Å²) < 4.78 is 46.5. The van der Waals surface area contributed by atoms with Crippen molar-refractivity contribution >= 4 is 17.8 Å². The summed E-state index contributed by atoms with van der Waals surface area (Å²) in [7, 11) is 1.66. The molecule has 2 aliphatic rings. The molecule has 4 rings (SSSR count). The van der Waals surface area contributed by atoms with E-state index in [0.29, 0.717) is 41.9 Å². The fourth-order valence-corrected chi connectivity index (χ4v) is 3.83. The number of nitrogens with zero attached hydrogens (tertiary/aromatic N) is 6. The molecule has 2 aliphatic heterocycles. The zero-order valence-electron chi connectivity index (χ0n) is 19.0. The minimum Gasteiger partial charge on any atom is -0.464 e. The Balaban J connectivity index is 1.72. The van der Waals surface area contributed by atoms with Crippen LogP contribution in [-0.2, 0) is 17.8 Å². The minimum atomic E-state index is -2.38. The standard InChI is InChI=1S/C23H26F3N7O/c1-3-34-23-30-20(27)19-22(31-23)33(21(29-19)16-8-17(24)10-28-9-16)12-15-6-4-14(5-7-15)11-32(2)13-18(25)26/h4-8,10,18,20H,3,9,11-13,27H2,1-2H3. The van der Waals surface area contributed by atoms with E-state index in [1.165, 1.54) is 12.3 Å². The third kappa shape index (κ3) is 5.42. The Morgan fingerprint density at radius 3 is 2.65 bits per heavy atom. The van der Waals surface area contributed by atoms with Gasteiger partial charge in [0.25, 0.3) is 6.43 Å². The SMILES string of the molecule is CCOC1=NC(N)c2nc(=C3C=C(F)C=NC3)n(Cc3ccc(CN(C)CC(F)F)cc3)c2=N1. The second kappa shape index (κ2) is 10.3. The molecule has 2 aromatic rings. The number of fused-ring (bicyclic) bond motifs is 1. The number of alkyl halides is 2. The molecule has 1 unspecified atom stereocenters. The predicted octanol–water partition coefficient (Wildman–Crippen LogP) is 1.70. The van der Waals surface area contributed by atoms with Gasteiger partial charge >= 0.3 is 6.02 Å². The molecule has 1 aromatic heterocycles. The molecular weight excluding hydrogens is 447 g/mol. The Hall–Kier alpha value is -3.31. The van der Waals surface area contributed by atoms with Crippen LogP contribution in [0.3, 0.4) is 0 Å². The molecule has 180 valence electrons. The number of aromatic nitrogens is 2. The zero-order valence-corrected chi connectivity index (χ0v) is 19.0. The second-order valence-electron chi connectivity index (χ2n) is 8.06. The molecule has 11 heteroatoms. The summed E-state index contributed by atoms with van der Waals surface area (Å²) in [6.45, 7) is 2.98. The summed E-state index contributed by atoms with van der Waals surface area (Å²) in [6.07, 6.45) is -0.568. The van der Waals surface area contributed by atoms with Gasteiger partial charge in [0.15, 0.2) is 5.49 Å². The highest BCUT2D eigenvalue weighted by Gasteiger charge is 2.23. The van der Waals surface area contributed by atoms with Gasteiger partial charge in [-0.05, 0) is 31.2 Å². The molecule has 34 heavy (non-hydrogen) atoms. The predicted molar refractivity (Wildman–Crippen MR) is 123 cm³/mol. The van der Waals surface area contributed by atoms with Crippen LogP contribution in [0.1, 0.15) is 29.9 Å². The molecule has 0 saturated heterocycles. The molecular formula is C23H26F3N7O. The van der Waals surface area contributed by atoms with Gasteiger partial charge in [-0.1, -0.05) is 24.3 Å². The number of hydrogen-bond acceptors (Lipinski definition) is 7. The Bertz CT molecular complexity index is 1250. The Morgan fingerprint density at radius 1 is 1.24 bits per heavy atom. The number of aliphatic imine (C=N–C) groups is 2. The van der Waals surface area contributed by atoms with Crippen LogP contribution in [0.15, 0.2) is 51.1 Å². The molecule has 0 bridgehead atoms. The zero-order chi connectivity index (χ0) is 24.2. The third-order valence-electron chi connectivity index (χ3n) is 5.31. The highest BCUT2D eigenvalue weighted by atomic mass is 19.3. The van der Waals surface area contributed by atoms with E-state index in [0.717, 1.165) is 11.1 Å². The lowest BCUT2D eigenvalue weighted by Gasteiger charge is -2.16. The molecule has 0 spiro atoms. The lowest BCUT2D eigenvalue weighted by molar-refractivity contribution is 0.0975. The van der Waals surface area contributed by atoms with Gasteiger partial charge in [-0.25, -0.2) is 23.1 Å². The van der Waals surface area contributed by atoms with Crippen molar-refractivity contribution in [1.29, 1.82) is 0 Å². The summed E-state index contributed by atoms with van der Waals surface area (Å²) >= 11 is 0. The van der Waals surface area contributed by atoms with E-state index >= 15 is 0 Å². The maximum absolute atomic E-state index is 13.9. The Morgan fingerprint density at radius 2 is 1.97 bits per heavy atom. The van der Waals surface area contributed by atoms with Crippen LogP contribution in [0.4, 0.5) is 13.2 Å². The summed E-state index contributed by atoms with van der Waals surface area (Å²) in [4.78, 5) is 19.0. The number of hydrogen-bond donors (Lipinski definition) is 1. The molecule has 8 nitrogen and oxygen atoms in total. The number of ether oxygens (including phenoxy) is 1. The number of halogens is 3. The first-order chi connectivity index (χ1) is 16.3. The van der Waals surface area contributed by atoms with Crippen molar-refractivity contribution in [3.63, 3.8) is 0 Å². The van der Waals surface area contributed by atoms with Gasteiger partial charge in [-0.15, -0.1) is 0 Å². The van der Waals surface area contributed by atoms with Gasteiger partial charge in [0.1, 0.15) is 23.2 Å². The van der Waals surface area contributed by atoms with Crippen molar-refractivity contribution in [2.75, 3.05) is 26.7 Å². The second-order valence-corrected chi connectivity index (χ2v) is 8.06. The molecule has 2 N–H and O–H groups in total. The molecule has 0 amide bonds. The van der Waals surface area contributed by atoms with Crippen molar-refractivity contribution in [3.05, 3.63) is 64.0 Å². The molecule has 1 atom stereocenters. The van der Waals surface area contributed by atoms with E-state index in [2.05, 4.69) is 20.0 Å². The van der Waals surface area contributed by atoms with Crippen LogP contribution in [0.2, 0.25) is 0 Å². The highest BCUT2D eigenvalue weighted by molar-refractivity contribution is 5.83. The van der Waals surface area contributed by atoms with Crippen molar-refractivity contribution in [2.24, 2.45) is 20.7 Å². The molecule has 1 aromatic carbocycles. The molecule has 3 heterocycles. The summed E-state index contributed by atoms with van der Waals surface area (Å²) in [6, 6.07) is 7.80. The maximum Gasteiger partial charge on any atom is 0.315 e. The number of nitrogens with two attached hydrogens (primary N) is 1. The molecule has 0 fully saturated rings. The first-order valence-corrected chi connectivity index (χ1v) is 10.9. The maximum atomic E-state index is 13.9. The van der Waals surface area contributed by atoms with Crippen LogP contribution in [0.5, 0.6) is 0 Å². The molecule has 0 radical (unpaired) electrons. The first-order valence-electron chi connectivity index (χ1n) is 10.9. The molecule has 0 saturated carbocycles. The van der Waals surface area contributed by atoms with E-state index in [4.69, 9.17) is 10.5 Å². The first kappa shape index (κ1) is 23.8. The van der Waals surface area contributed by atoms with E-state index in [1.54, 1.807) is 11.9 Å². The van der Waals surface area contributed by atoms with E-state index in [9.17, 15) is 13.2 Å². The van der Waals surface area contributed by atoms with Crippen molar-refractivity contribution < 1.29 is 17.9 Å². The summed E-state index contributed by atoms with van der Waals surface area (Å²) in [5, 5.41) is 0. The molecule has 0 aliphatic carbocycles. The van der Waals surface area contributed by atoms with E-state index < -0.39 is 18.4 Å². The average Bonchev–Trinajstić information content (AvgIpc) is 3.14. The average molecular weight is 474 g/mol. The van der Waals surface area contributed by atoms with Crippen molar-refractivity contribution in [2.45, 2.75) is 32.6 Å². The smallest absolute Gasteiger partial charge is 0.315 e. The fraction of sp³-hybridized carbons (Fsp3) is 0.391. The monoisotopic (exact) mass is 473 g/mol. The topological polar surface area (TPSA) is 93.4 Å². The fourth-order valence-electron chi connectivity index (χ4n) is 3.83. The highest BCUT2D eigenvalue weighted by Crippen LogP contribution is 2.13. The van der Waals surface area contributed by atoms with Gasteiger partial charge in [-0.2, -0.15) is 4.99 Å². The van der Waals surface area contributed by atoms with Gasteiger partial charge in [0, 0.05) is 12.1 Å². The number of dihydropyridines is 1. The van der Waals surface area contributed by atoms with Crippen LogP contribution < -0.4 is 16.7 Å². The largest absolute Gasteiger partial charge is 0.464 e. The van der Waals surface area contributed by atoms with Gasteiger partial charge in [-0.3, -0.25) is 9.89 Å². The normalized spacial score (nSPS) is 19.1. The van der Waals surface area contributed by atoms with Crippen molar-refractivity contribution in [3.8, 4) is 0 Å². The number of allylic oxidation sites excluding steroid dienone is 1. The van der Waals surface area contributed by atoms with Gasteiger partial charge < -0.3 is 15.0 Å². The minimum absolute atomic E-state index is 0.168. The number of rotatable bonds is 7. The van der Waals surface area contributed by atoms with E-state index in [1.807, 2.05) is 35.8 Å². The van der Waals surface area contributed by atoms with Crippen LogP contribution in [-0.4, -0.2) is 59.9 Å². The summed E-state index contributed by atoms with van der Waals surface area (Å²) in [5.41, 5.74) is 10.1. The number of imidazole rings is 1. The Labute approximate surface area is 194 Å². The summed E-state index contributed by atoms with van der Waals surface area (Å²) in [5.74, 6) is -0.460. The lowest BCUT2D eigenvalue weighted by atomic mass is 10.1. The lowest BCUT2D eigenvalue weighted by Crippen LogP contribution is -2.34. The van der Waals surface area contributed by atoms with Crippen LogP contribution >= 0.6 is 0 Å². The van der Waals surface area contributed by atoms with Gasteiger partial charge in [0.05, 0.1) is 32.5 Å². The number of amidine groups is 1. The number of benzene rings is 1. The van der Waals surface area contributed by atoms with Crippen LogP contribution in [0, 0.1) is 0 Å².